The Labute approximate surface area is 202 Å². The number of amides is 4. The molecule has 4 amide bonds. The van der Waals surface area contributed by atoms with Crippen molar-refractivity contribution in [1.82, 2.24) is 15.1 Å². The zero-order valence-corrected chi connectivity index (χ0v) is 20.8. The molecule has 184 valence electrons. The summed E-state index contributed by atoms with van der Waals surface area (Å²) in [6, 6.07) is 9.21. The van der Waals surface area contributed by atoms with Crippen LogP contribution in [0.4, 0.5) is 0 Å². The predicted molar refractivity (Wildman–Crippen MR) is 131 cm³/mol. The molecular weight excluding hydrogens is 430 g/mol. The lowest BCUT2D eigenvalue weighted by atomic mass is 9.85. The van der Waals surface area contributed by atoms with Gasteiger partial charge in [-0.1, -0.05) is 49.4 Å². The lowest BCUT2D eigenvalue weighted by Crippen LogP contribution is -2.54. The molecule has 0 bridgehead atoms. The molecule has 34 heavy (non-hydrogen) atoms. The zero-order chi connectivity index (χ0) is 24.9. The van der Waals surface area contributed by atoms with E-state index >= 15 is 0 Å². The molecule has 0 saturated carbocycles. The van der Waals surface area contributed by atoms with Gasteiger partial charge in [-0.2, -0.15) is 0 Å². The van der Waals surface area contributed by atoms with Crippen LogP contribution in [0, 0.1) is 11.8 Å². The maximum absolute atomic E-state index is 13.4. The van der Waals surface area contributed by atoms with Crippen molar-refractivity contribution in [3.8, 4) is 0 Å². The quantitative estimate of drug-likeness (QED) is 0.447. The normalized spacial score (nSPS) is 20.8. The van der Waals surface area contributed by atoms with E-state index in [0.29, 0.717) is 32.2 Å². The van der Waals surface area contributed by atoms with Gasteiger partial charge in [0, 0.05) is 25.0 Å². The number of hydrogen-bond donors (Lipinski definition) is 1. The minimum absolute atomic E-state index is 0.0123. The van der Waals surface area contributed by atoms with E-state index in [4.69, 9.17) is 0 Å². The maximum atomic E-state index is 13.4. The summed E-state index contributed by atoms with van der Waals surface area (Å²) in [7, 11) is 0. The maximum Gasteiger partial charge on any atom is 0.243 e. The number of rotatable bonds is 9. The van der Waals surface area contributed by atoms with Crippen molar-refractivity contribution in [3.05, 3.63) is 48.0 Å². The van der Waals surface area contributed by atoms with Gasteiger partial charge in [-0.3, -0.25) is 24.1 Å². The fraction of sp³-hybridized carbons (Fsp3) is 0.556. The van der Waals surface area contributed by atoms with Gasteiger partial charge in [0.05, 0.1) is 11.8 Å². The summed E-state index contributed by atoms with van der Waals surface area (Å²) >= 11 is 0. The molecule has 3 atom stereocenters. The third-order valence-electron chi connectivity index (χ3n) is 6.52. The Morgan fingerprint density at radius 3 is 2.18 bits per heavy atom. The molecule has 1 aliphatic carbocycles. The summed E-state index contributed by atoms with van der Waals surface area (Å²) in [4.78, 5) is 54.9. The van der Waals surface area contributed by atoms with E-state index < -0.39 is 11.6 Å². The summed E-state index contributed by atoms with van der Waals surface area (Å²) in [5.41, 5.74) is 0.657. The highest BCUT2D eigenvalue weighted by Crippen LogP contribution is 2.35. The molecule has 7 nitrogen and oxygen atoms in total. The summed E-state index contributed by atoms with van der Waals surface area (Å²) in [6.45, 7) is 8.06. The Bertz CT molecular complexity index is 909. The Kier molecular flexibility index (Phi) is 8.28. The Hall–Kier alpha value is -2.96. The molecule has 0 spiro atoms. The van der Waals surface area contributed by atoms with E-state index in [9.17, 15) is 19.2 Å². The van der Waals surface area contributed by atoms with Crippen LogP contribution in [-0.4, -0.2) is 58.1 Å². The lowest BCUT2D eigenvalue weighted by Gasteiger charge is -2.33. The van der Waals surface area contributed by atoms with E-state index in [1.54, 1.807) is 4.90 Å². The van der Waals surface area contributed by atoms with Gasteiger partial charge in [-0.15, -0.1) is 0 Å². The number of carbonyl (C=O) groups is 4. The first-order valence-corrected chi connectivity index (χ1v) is 12.3. The lowest BCUT2D eigenvalue weighted by molar-refractivity contribution is -0.144. The minimum atomic E-state index is -0.618. The summed E-state index contributed by atoms with van der Waals surface area (Å²) in [5.74, 6) is -1.38. The van der Waals surface area contributed by atoms with Gasteiger partial charge in [0.1, 0.15) is 6.04 Å². The first kappa shape index (κ1) is 25.7. The Morgan fingerprint density at radius 2 is 1.65 bits per heavy atom. The largest absolute Gasteiger partial charge is 0.350 e. The van der Waals surface area contributed by atoms with Crippen LogP contribution in [0.2, 0.25) is 0 Å². The van der Waals surface area contributed by atoms with Gasteiger partial charge in [-0.25, -0.2) is 0 Å². The highest BCUT2D eigenvalue weighted by molar-refractivity contribution is 6.05. The van der Waals surface area contributed by atoms with Crippen molar-refractivity contribution in [3.63, 3.8) is 0 Å². The van der Waals surface area contributed by atoms with Crippen molar-refractivity contribution < 1.29 is 19.2 Å². The molecule has 1 aliphatic heterocycles. The van der Waals surface area contributed by atoms with E-state index in [1.165, 1.54) is 4.90 Å². The average molecular weight is 468 g/mol. The Balaban J connectivity index is 1.72. The fourth-order valence-electron chi connectivity index (χ4n) is 4.79. The SMILES string of the molecule is CCC(C(=O)NC(C)(C)C)N(CCc1ccccc1)C(=O)CCN1C(=O)[C@H]2CC=CC[C@H]2C1=O. The molecule has 1 saturated heterocycles. The van der Waals surface area contributed by atoms with Crippen LogP contribution >= 0.6 is 0 Å². The first-order chi connectivity index (χ1) is 16.1. The molecular formula is C27H37N3O4. The molecule has 1 heterocycles. The molecule has 0 aromatic heterocycles. The number of nitrogens with zero attached hydrogens (tertiary/aromatic N) is 2. The molecule has 2 aliphatic rings. The van der Waals surface area contributed by atoms with Crippen molar-refractivity contribution in [2.24, 2.45) is 11.8 Å². The van der Waals surface area contributed by atoms with Crippen LogP contribution in [0.3, 0.4) is 0 Å². The van der Waals surface area contributed by atoms with Crippen molar-refractivity contribution >= 4 is 23.6 Å². The minimum Gasteiger partial charge on any atom is -0.350 e. The van der Waals surface area contributed by atoms with Crippen LogP contribution < -0.4 is 5.32 Å². The zero-order valence-electron chi connectivity index (χ0n) is 20.8. The standard InChI is InChI=1S/C27H37N3O4/c1-5-22(24(32)28-27(2,3)4)29(17-15-19-11-7-6-8-12-19)23(31)16-18-30-25(33)20-13-9-10-14-21(20)26(30)34/h6-12,20-22H,5,13-18H2,1-4H3,(H,28,32)/t20-,21+,22?. The van der Waals surface area contributed by atoms with Crippen LogP contribution in [-0.2, 0) is 25.6 Å². The number of benzene rings is 1. The average Bonchev–Trinajstić information content (AvgIpc) is 3.04. The molecule has 7 heteroatoms. The number of imide groups is 1. The molecule has 1 aromatic carbocycles. The van der Waals surface area contributed by atoms with Gasteiger partial charge in [-0.05, 0) is 52.0 Å². The van der Waals surface area contributed by atoms with Crippen LogP contribution in [0.5, 0.6) is 0 Å². The third-order valence-corrected chi connectivity index (χ3v) is 6.52. The van der Waals surface area contributed by atoms with Crippen LogP contribution in [0.1, 0.15) is 58.9 Å². The number of nitrogens with one attached hydrogen (secondary N) is 1. The molecule has 1 aromatic rings. The van der Waals surface area contributed by atoms with E-state index in [1.807, 2.05) is 70.2 Å². The van der Waals surface area contributed by atoms with Gasteiger partial charge < -0.3 is 10.2 Å². The van der Waals surface area contributed by atoms with Crippen LogP contribution in [0.15, 0.2) is 42.5 Å². The van der Waals surface area contributed by atoms with Gasteiger partial charge in [0.25, 0.3) is 0 Å². The summed E-state index contributed by atoms with van der Waals surface area (Å²) < 4.78 is 0. The predicted octanol–water partition coefficient (Wildman–Crippen LogP) is 3.09. The van der Waals surface area contributed by atoms with Crippen molar-refractivity contribution in [2.75, 3.05) is 13.1 Å². The third kappa shape index (κ3) is 6.13. The second-order valence-corrected chi connectivity index (χ2v) is 10.2. The number of likely N-dealkylation sites (tertiary alicyclic amines) is 1. The highest BCUT2D eigenvalue weighted by atomic mass is 16.2. The summed E-state index contributed by atoms with van der Waals surface area (Å²) in [5, 5.41) is 2.99. The summed E-state index contributed by atoms with van der Waals surface area (Å²) in [6.07, 6.45) is 6.15. The smallest absolute Gasteiger partial charge is 0.243 e. The van der Waals surface area contributed by atoms with E-state index in [0.717, 1.165) is 5.56 Å². The monoisotopic (exact) mass is 467 g/mol. The van der Waals surface area contributed by atoms with Gasteiger partial charge >= 0.3 is 0 Å². The topological polar surface area (TPSA) is 86.8 Å². The molecule has 3 rings (SSSR count). The molecule has 0 radical (unpaired) electrons. The number of allylic oxidation sites excluding steroid dienone is 2. The van der Waals surface area contributed by atoms with Crippen LogP contribution in [0.25, 0.3) is 0 Å². The molecule has 1 fully saturated rings. The van der Waals surface area contributed by atoms with Crippen molar-refractivity contribution in [2.45, 2.75) is 71.4 Å². The van der Waals surface area contributed by atoms with Crippen molar-refractivity contribution in [1.29, 1.82) is 0 Å². The second kappa shape index (κ2) is 11.0. The number of hydrogen-bond acceptors (Lipinski definition) is 4. The van der Waals surface area contributed by atoms with Gasteiger partial charge in [0.15, 0.2) is 0 Å². The molecule has 1 unspecified atom stereocenters. The second-order valence-electron chi connectivity index (χ2n) is 10.2. The Morgan fingerprint density at radius 1 is 1.06 bits per heavy atom. The molecule has 1 N–H and O–H groups in total. The first-order valence-electron chi connectivity index (χ1n) is 12.3. The number of carbonyl (C=O) groups excluding carboxylic acids is 4. The van der Waals surface area contributed by atoms with Gasteiger partial charge in [0.2, 0.25) is 23.6 Å². The van der Waals surface area contributed by atoms with E-state index in [-0.39, 0.29) is 48.4 Å². The number of fused-ring (bicyclic) bond motifs is 1. The van der Waals surface area contributed by atoms with E-state index in [2.05, 4.69) is 5.32 Å². The fourth-order valence-corrected chi connectivity index (χ4v) is 4.79. The highest BCUT2D eigenvalue weighted by Gasteiger charge is 2.47.